The average molecular weight is 367 g/mol. The molecule has 142 valence electrons. The van der Waals surface area contributed by atoms with E-state index >= 15 is 0 Å². The van der Waals surface area contributed by atoms with Crippen molar-refractivity contribution >= 4 is 11.7 Å². The van der Waals surface area contributed by atoms with Gasteiger partial charge in [0.2, 0.25) is 0 Å². The minimum atomic E-state index is -0.692. The van der Waals surface area contributed by atoms with Gasteiger partial charge in [-0.25, -0.2) is 9.97 Å². The van der Waals surface area contributed by atoms with E-state index in [1.54, 1.807) is 12.4 Å². The fraction of sp³-hybridized carbons (Fsp3) is 0.500. The van der Waals surface area contributed by atoms with Gasteiger partial charge in [-0.15, -0.1) is 0 Å². The van der Waals surface area contributed by atoms with Crippen LogP contribution in [0.1, 0.15) is 31.0 Å². The molecule has 0 N–H and O–H groups in total. The van der Waals surface area contributed by atoms with Gasteiger partial charge < -0.3 is 14.5 Å². The van der Waals surface area contributed by atoms with Gasteiger partial charge in [-0.05, 0) is 38.3 Å². The van der Waals surface area contributed by atoms with E-state index in [1.807, 2.05) is 43.0 Å². The van der Waals surface area contributed by atoms with Crippen molar-refractivity contribution in [1.82, 2.24) is 19.9 Å². The minimum absolute atomic E-state index is 0.0705. The molecule has 2 aromatic heterocycles. The molecule has 7 nitrogen and oxygen atoms in total. The summed E-state index contributed by atoms with van der Waals surface area (Å²) in [6.45, 7) is 3.73. The molecule has 0 spiro atoms. The quantitative estimate of drug-likeness (QED) is 0.827. The number of nitrogens with zero attached hydrogens (tertiary/aromatic N) is 5. The molecule has 0 aliphatic carbocycles. The van der Waals surface area contributed by atoms with Crippen molar-refractivity contribution in [1.29, 1.82) is 0 Å². The molecule has 2 aromatic rings. The number of hydrogen-bond acceptors (Lipinski definition) is 6. The van der Waals surface area contributed by atoms with Crippen LogP contribution in [0.3, 0.4) is 0 Å². The number of ether oxygens (including phenoxy) is 1. The fourth-order valence-electron chi connectivity index (χ4n) is 3.87. The van der Waals surface area contributed by atoms with E-state index in [1.165, 1.54) is 0 Å². The van der Waals surface area contributed by atoms with Gasteiger partial charge in [0.1, 0.15) is 11.4 Å². The second-order valence-electron chi connectivity index (χ2n) is 7.59. The number of hydrogen-bond donors (Lipinski definition) is 0. The molecular weight excluding hydrogens is 342 g/mol. The summed E-state index contributed by atoms with van der Waals surface area (Å²) in [4.78, 5) is 30.6. The van der Waals surface area contributed by atoms with E-state index in [0.717, 1.165) is 41.9 Å². The van der Waals surface area contributed by atoms with Gasteiger partial charge in [0.25, 0.3) is 5.91 Å². The van der Waals surface area contributed by atoms with Crippen molar-refractivity contribution in [2.75, 3.05) is 32.1 Å². The SMILES string of the molecule is CN(C)c1nc(-c2ccncc2)nc2c1CCN(C(=O)[C@]1(C)CCCO1)C2. The maximum absolute atomic E-state index is 13.0. The predicted octanol–water partition coefficient (Wildman–Crippen LogP) is 2.06. The highest BCUT2D eigenvalue weighted by molar-refractivity contribution is 5.85. The van der Waals surface area contributed by atoms with Crippen LogP contribution in [0.15, 0.2) is 24.5 Å². The standard InChI is InChI=1S/C20H25N5O2/c1-20(8-4-12-27-20)19(26)25-11-7-15-16(13-25)22-17(23-18(15)24(2)3)14-5-9-21-10-6-14/h5-6,9-10H,4,7-8,11-13H2,1-3H3/t20-/m0/s1. The third-order valence-corrected chi connectivity index (χ3v) is 5.36. The molecule has 0 unspecified atom stereocenters. The summed E-state index contributed by atoms with van der Waals surface area (Å²) >= 11 is 0. The molecule has 7 heteroatoms. The number of fused-ring (bicyclic) bond motifs is 1. The largest absolute Gasteiger partial charge is 0.365 e. The number of carbonyl (C=O) groups excluding carboxylic acids is 1. The van der Waals surface area contributed by atoms with E-state index in [2.05, 4.69) is 4.98 Å². The lowest BCUT2D eigenvalue weighted by molar-refractivity contribution is -0.152. The van der Waals surface area contributed by atoms with Gasteiger partial charge in [-0.3, -0.25) is 9.78 Å². The molecule has 1 atom stereocenters. The van der Waals surface area contributed by atoms with Crippen LogP contribution in [0.5, 0.6) is 0 Å². The monoisotopic (exact) mass is 367 g/mol. The van der Waals surface area contributed by atoms with Crippen molar-refractivity contribution in [3.05, 3.63) is 35.8 Å². The van der Waals surface area contributed by atoms with Crippen LogP contribution in [0.4, 0.5) is 5.82 Å². The topological polar surface area (TPSA) is 71.5 Å². The summed E-state index contributed by atoms with van der Waals surface area (Å²) in [6, 6.07) is 3.81. The van der Waals surface area contributed by atoms with Crippen LogP contribution in [-0.4, -0.2) is 58.6 Å². The summed E-state index contributed by atoms with van der Waals surface area (Å²) in [6.07, 6.45) is 5.94. The zero-order chi connectivity index (χ0) is 19.0. The zero-order valence-corrected chi connectivity index (χ0v) is 16.1. The molecule has 2 aliphatic heterocycles. The number of carbonyl (C=O) groups is 1. The van der Waals surface area contributed by atoms with Crippen molar-refractivity contribution in [2.24, 2.45) is 0 Å². The highest BCUT2D eigenvalue weighted by Crippen LogP contribution is 2.32. The van der Waals surface area contributed by atoms with E-state index in [4.69, 9.17) is 14.7 Å². The maximum atomic E-state index is 13.0. The number of pyridine rings is 1. The second kappa shape index (κ2) is 6.88. The maximum Gasteiger partial charge on any atom is 0.254 e. The lowest BCUT2D eigenvalue weighted by atomic mass is 9.98. The Morgan fingerprint density at radius 1 is 1.26 bits per heavy atom. The van der Waals surface area contributed by atoms with Gasteiger partial charge in [0.15, 0.2) is 5.82 Å². The molecular formula is C20H25N5O2. The number of rotatable bonds is 3. The first-order valence-corrected chi connectivity index (χ1v) is 9.39. The minimum Gasteiger partial charge on any atom is -0.365 e. The van der Waals surface area contributed by atoms with Crippen LogP contribution >= 0.6 is 0 Å². The number of anilines is 1. The highest BCUT2D eigenvalue weighted by Gasteiger charge is 2.41. The Labute approximate surface area is 159 Å². The van der Waals surface area contributed by atoms with Crippen LogP contribution in [0.2, 0.25) is 0 Å². The van der Waals surface area contributed by atoms with E-state index in [-0.39, 0.29) is 5.91 Å². The molecule has 1 fully saturated rings. The van der Waals surface area contributed by atoms with Crippen LogP contribution in [0.25, 0.3) is 11.4 Å². The van der Waals surface area contributed by atoms with Crippen LogP contribution in [0, 0.1) is 0 Å². The third-order valence-electron chi connectivity index (χ3n) is 5.36. The molecule has 1 amide bonds. The molecule has 0 saturated carbocycles. The molecule has 4 heterocycles. The number of amides is 1. The second-order valence-corrected chi connectivity index (χ2v) is 7.59. The van der Waals surface area contributed by atoms with Gasteiger partial charge in [0.05, 0.1) is 12.2 Å². The summed E-state index contributed by atoms with van der Waals surface area (Å²) in [7, 11) is 3.98. The third kappa shape index (κ3) is 3.27. The lowest BCUT2D eigenvalue weighted by Gasteiger charge is -2.35. The van der Waals surface area contributed by atoms with Gasteiger partial charge in [0, 0.05) is 50.8 Å². The summed E-state index contributed by atoms with van der Waals surface area (Å²) in [5.74, 6) is 1.65. The van der Waals surface area contributed by atoms with Gasteiger partial charge >= 0.3 is 0 Å². The zero-order valence-electron chi connectivity index (χ0n) is 16.1. The first-order valence-electron chi connectivity index (χ1n) is 9.39. The van der Waals surface area contributed by atoms with Crippen molar-refractivity contribution in [2.45, 2.75) is 38.3 Å². The Balaban J connectivity index is 1.69. The molecule has 4 rings (SSSR count). The van der Waals surface area contributed by atoms with Crippen LogP contribution < -0.4 is 4.90 Å². The summed E-state index contributed by atoms with van der Waals surface area (Å²) in [5.41, 5.74) is 2.27. The van der Waals surface area contributed by atoms with E-state index in [0.29, 0.717) is 25.5 Å². The number of aromatic nitrogens is 3. The van der Waals surface area contributed by atoms with Crippen molar-refractivity contribution in [3.63, 3.8) is 0 Å². The lowest BCUT2D eigenvalue weighted by Crippen LogP contribution is -2.48. The van der Waals surface area contributed by atoms with E-state index < -0.39 is 5.60 Å². The Morgan fingerprint density at radius 3 is 2.70 bits per heavy atom. The Bertz CT molecular complexity index is 847. The Morgan fingerprint density at radius 2 is 2.04 bits per heavy atom. The predicted molar refractivity (Wildman–Crippen MR) is 102 cm³/mol. The van der Waals surface area contributed by atoms with Crippen molar-refractivity contribution in [3.8, 4) is 11.4 Å². The first kappa shape index (κ1) is 17.9. The van der Waals surface area contributed by atoms with E-state index in [9.17, 15) is 4.79 Å². The highest BCUT2D eigenvalue weighted by atomic mass is 16.5. The van der Waals surface area contributed by atoms with Gasteiger partial charge in [-0.1, -0.05) is 0 Å². The molecule has 0 bridgehead atoms. The van der Waals surface area contributed by atoms with Gasteiger partial charge in [-0.2, -0.15) is 0 Å². The molecule has 1 saturated heterocycles. The molecule has 27 heavy (non-hydrogen) atoms. The summed E-state index contributed by atoms with van der Waals surface area (Å²) < 4.78 is 5.76. The Kier molecular flexibility index (Phi) is 4.55. The fourth-order valence-corrected chi connectivity index (χ4v) is 3.87. The van der Waals surface area contributed by atoms with Crippen molar-refractivity contribution < 1.29 is 9.53 Å². The smallest absolute Gasteiger partial charge is 0.254 e. The molecule has 2 aliphatic rings. The first-order chi connectivity index (χ1) is 13.0. The Hall–Kier alpha value is -2.54. The normalized spacial score (nSPS) is 21.8. The summed E-state index contributed by atoms with van der Waals surface area (Å²) in [5, 5.41) is 0. The van der Waals surface area contributed by atoms with Crippen LogP contribution in [-0.2, 0) is 22.5 Å². The average Bonchev–Trinajstić information content (AvgIpc) is 3.14. The molecule has 0 radical (unpaired) electrons. The molecule has 0 aromatic carbocycles.